The standard InChI is InChI=1S/C12H13NS/c1-2-11-3-5-12(6-4-11)9-13-7-8-14-10-13/h2-8H,1,9-10H2. The third-order valence-electron chi connectivity index (χ3n) is 2.21. The fourth-order valence-corrected chi connectivity index (χ4v) is 2.12. The van der Waals surface area contributed by atoms with Gasteiger partial charge in [-0.2, -0.15) is 0 Å². The van der Waals surface area contributed by atoms with E-state index < -0.39 is 0 Å². The third kappa shape index (κ3) is 2.20. The van der Waals surface area contributed by atoms with Gasteiger partial charge < -0.3 is 4.90 Å². The fourth-order valence-electron chi connectivity index (χ4n) is 1.40. The van der Waals surface area contributed by atoms with E-state index in [0.717, 1.165) is 12.4 Å². The zero-order chi connectivity index (χ0) is 9.80. The molecule has 0 N–H and O–H groups in total. The number of thioether (sulfide) groups is 1. The van der Waals surface area contributed by atoms with E-state index in [1.165, 1.54) is 11.1 Å². The molecule has 2 heteroatoms. The summed E-state index contributed by atoms with van der Waals surface area (Å²) in [7, 11) is 0. The Morgan fingerprint density at radius 3 is 2.71 bits per heavy atom. The highest BCUT2D eigenvalue weighted by Gasteiger charge is 2.04. The summed E-state index contributed by atoms with van der Waals surface area (Å²) in [5.74, 6) is 1.07. The van der Waals surface area contributed by atoms with Gasteiger partial charge in [0.2, 0.25) is 0 Å². The molecular formula is C12H13NS. The van der Waals surface area contributed by atoms with E-state index in [4.69, 9.17) is 0 Å². The maximum Gasteiger partial charge on any atom is 0.0678 e. The molecule has 2 rings (SSSR count). The molecule has 72 valence electrons. The van der Waals surface area contributed by atoms with Crippen molar-refractivity contribution in [1.82, 2.24) is 4.90 Å². The summed E-state index contributed by atoms with van der Waals surface area (Å²) in [5, 5.41) is 2.14. The highest BCUT2D eigenvalue weighted by molar-refractivity contribution is 8.02. The first-order chi connectivity index (χ1) is 6.88. The third-order valence-corrected chi connectivity index (χ3v) is 3.00. The van der Waals surface area contributed by atoms with Crippen LogP contribution in [0.1, 0.15) is 11.1 Å². The second kappa shape index (κ2) is 4.38. The lowest BCUT2D eigenvalue weighted by Gasteiger charge is -2.14. The Morgan fingerprint density at radius 1 is 1.36 bits per heavy atom. The highest BCUT2D eigenvalue weighted by Crippen LogP contribution is 2.18. The molecule has 0 amide bonds. The Labute approximate surface area is 89.1 Å². The van der Waals surface area contributed by atoms with Gasteiger partial charge in [0.25, 0.3) is 0 Å². The van der Waals surface area contributed by atoms with Crippen LogP contribution in [0.25, 0.3) is 6.08 Å². The van der Waals surface area contributed by atoms with Crippen molar-refractivity contribution in [1.29, 1.82) is 0 Å². The average Bonchev–Trinajstić information content (AvgIpc) is 2.72. The Bertz CT molecular complexity index is 340. The maximum absolute atomic E-state index is 3.74. The van der Waals surface area contributed by atoms with Crippen LogP contribution >= 0.6 is 11.8 Å². The monoisotopic (exact) mass is 203 g/mol. The highest BCUT2D eigenvalue weighted by atomic mass is 32.2. The Hall–Kier alpha value is -1.15. The lowest BCUT2D eigenvalue weighted by Crippen LogP contribution is -2.12. The fraction of sp³-hybridized carbons (Fsp3) is 0.167. The van der Waals surface area contributed by atoms with E-state index in [1.807, 2.05) is 17.8 Å². The molecule has 0 atom stereocenters. The first-order valence-corrected chi connectivity index (χ1v) is 5.67. The van der Waals surface area contributed by atoms with Crippen LogP contribution in [0.5, 0.6) is 0 Å². The molecule has 1 aromatic carbocycles. The normalized spacial score (nSPS) is 14.7. The van der Waals surface area contributed by atoms with Crippen LogP contribution in [0.15, 0.2) is 42.5 Å². The number of nitrogens with zero attached hydrogens (tertiary/aromatic N) is 1. The van der Waals surface area contributed by atoms with E-state index in [-0.39, 0.29) is 0 Å². The number of hydrogen-bond donors (Lipinski definition) is 0. The minimum atomic E-state index is 1.00. The molecule has 1 aromatic rings. The van der Waals surface area contributed by atoms with Crippen molar-refractivity contribution in [3.63, 3.8) is 0 Å². The molecule has 14 heavy (non-hydrogen) atoms. The molecule has 1 nitrogen and oxygen atoms in total. The molecule has 0 bridgehead atoms. The molecule has 0 radical (unpaired) electrons. The van der Waals surface area contributed by atoms with Gasteiger partial charge in [-0.1, -0.05) is 36.9 Å². The van der Waals surface area contributed by atoms with E-state index in [2.05, 4.69) is 47.4 Å². The Balaban J connectivity index is 2.02. The summed E-state index contributed by atoms with van der Waals surface area (Å²) in [4.78, 5) is 2.30. The van der Waals surface area contributed by atoms with Crippen LogP contribution in [0, 0.1) is 0 Å². The van der Waals surface area contributed by atoms with Crippen LogP contribution < -0.4 is 0 Å². The predicted octanol–water partition coefficient (Wildman–Crippen LogP) is 3.31. The lowest BCUT2D eigenvalue weighted by molar-refractivity contribution is 0.441. The van der Waals surface area contributed by atoms with E-state index in [0.29, 0.717) is 0 Å². The summed E-state index contributed by atoms with van der Waals surface area (Å²) < 4.78 is 0. The van der Waals surface area contributed by atoms with Crippen molar-refractivity contribution in [3.8, 4) is 0 Å². The van der Waals surface area contributed by atoms with E-state index in [9.17, 15) is 0 Å². The topological polar surface area (TPSA) is 3.24 Å². The molecule has 1 aliphatic heterocycles. The second-order valence-electron chi connectivity index (χ2n) is 3.27. The van der Waals surface area contributed by atoms with Gasteiger partial charge in [0, 0.05) is 12.7 Å². The van der Waals surface area contributed by atoms with Gasteiger partial charge in [-0.25, -0.2) is 0 Å². The Morgan fingerprint density at radius 2 is 2.14 bits per heavy atom. The Kier molecular flexibility index (Phi) is 2.94. The smallest absolute Gasteiger partial charge is 0.0678 e. The molecule has 1 aliphatic rings. The van der Waals surface area contributed by atoms with Crippen molar-refractivity contribution in [2.24, 2.45) is 0 Å². The zero-order valence-corrected chi connectivity index (χ0v) is 8.83. The lowest BCUT2D eigenvalue weighted by atomic mass is 10.1. The van der Waals surface area contributed by atoms with Crippen molar-refractivity contribution < 1.29 is 0 Å². The molecule has 0 aromatic heterocycles. The van der Waals surface area contributed by atoms with Gasteiger partial charge >= 0.3 is 0 Å². The average molecular weight is 203 g/mol. The molecular weight excluding hydrogens is 190 g/mol. The van der Waals surface area contributed by atoms with Gasteiger partial charge in [-0.15, -0.1) is 11.8 Å². The quantitative estimate of drug-likeness (QED) is 0.741. The molecule has 0 saturated carbocycles. The molecule has 0 unspecified atom stereocenters. The second-order valence-corrected chi connectivity index (χ2v) is 4.14. The van der Waals surface area contributed by atoms with Crippen molar-refractivity contribution >= 4 is 17.8 Å². The molecule has 1 heterocycles. The van der Waals surface area contributed by atoms with Crippen LogP contribution in [0.4, 0.5) is 0 Å². The van der Waals surface area contributed by atoms with Crippen molar-refractivity contribution in [3.05, 3.63) is 53.6 Å². The van der Waals surface area contributed by atoms with Crippen molar-refractivity contribution in [2.75, 3.05) is 5.88 Å². The predicted molar refractivity (Wildman–Crippen MR) is 63.7 cm³/mol. The SMILES string of the molecule is C=Cc1ccc(CN2C=CSC2)cc1. The first-order valence-electron chi connectivity index (χ1n) is 4.62. The summed E-state index contributed by atoms with van der Waals surface area (Å²) >= 11 is 1.84. The van der Waals surface area contributed by atoms with E-state index in [1.54, 1.807) is 0 Å². The molecule has 0 fully saturated rings. The van der Waals surface area contributed by atoms with Gasteiger partial charge in [0.1, 0.15) is 0 Å². The summed E-state index contributed by atoms with van der Waals surface area (Å²) in [6, 6.07) is 8.53. The summed E-state index contributed by atoms with van der Waals surface area (Å²) in [6.45, 7) is 4.74. The summed E-state index contributed by atoms with van der Waals surface area (Å²) in [5.41, 5.74) is 2.53. The van der Waals surface area contributed by atoms with Gasteiger partial charge in [0.05, 0.1) is 5.88 Å². The minimum absolute atomic E-state index is 1.00. The maximum atomic E-state index is 3.74. The van der Waals surface area contributed by atoms with Gasteiger partial charge in [-0.05, 0) is 16.5 Å². The first kappa shape index (κ1) is 9.41. The number of hydrogen-bond acceptors (Lipinski definition) is 2. The van der Waals surface area contributed by atoms with E-state index >= 15 is 0 Å². The summed E-state index contributed by atoms with van der Waals surface area (Å²) in [6.07, 6.45) is 4.02. The van der Waals surface area contributed by atoms with Crippen LogP contribution in [0.3, 0.4) is 0 Å². The molecule has 0 spiro atoms. The van der Waals surface area contributed by atoms with Crippen LogP contribution in [0.2, 0.25) is 0 Å². The van der Waals surface area contributed by atoms with Gasteiger partial charge in [-0.3, -0.25) is 0 Å². The number of rotatable bonds is 3. The number of benzene rings is 1. The zero-order valence-electron chi connectivity index (χ0n) is 8.02. The van der Waals surface area contributed by atoms with Gasteiger partial charge in [0.15, 0.2) is 0 Å². The van der Waals surface area contributed by atoms with Crippen LogP contribution in [-0.2, 0) is 6.54 Å². The largest absolute Gasteiger partial charge is 0.363 e. The van der Waals surface area contributed by atoms with Crippen molar-refractivity contribution in [2.45, 2.75) is 6.54 Å². The molecule has 0 saturated heterocycles. The molecule has 0 aliphatic carbocycles. The van der Waals surface area contributed by atoms with Crippen LogP contribution in [-0.4, -0.2) is 10.8 Å². The minimum Gasteiger partial charge on any atom is -0.363 e.